The molecule has 0 aliphatic carbocycles. The summed E-state index contributed by atoms with van der Waals surface area (Å²) in [5.41, 5.74) is 1.37. The first kappa shape index (κ1) is 17.2. The van der Waals surface area contributed by atoms with Gasteiger partial charge in [0.25, 0.3) is 0 Å². The van der Waals surface area contributed by atoms with Crippen LogP contribution in [0.25, 0.3) is 0 Å². The maximum absolute atomic E-state index is 3.68. The summed E-state index contributed by atoms with van der Waals surface area (Å²) >= 11 is 7.26. The molecule has 0 aliphatic rings. The molecule has 0 saturated carbocycles. The molecular formula is C16H25Br2N. The molecule has 108 valence electrons. The van der Waals surface area contributed by atoms with Crippen LogP contribution in [0, 0.1) is 5.92 Å². The minimum Gasteiger partial charge on any atom is -0.310 e. The zero-order chi connectivity index (χ0) is 14.3. The maximum atomic E-state index is 3.68. The van der Waals surface area contributed by atoms with Gasteiger partial charge in [0, 0.05) is 15.0 Å². The van der Waals surface area contributed by atoms with Crippen molar-refractivity contribution < 1.29 is 0 Å². The monoisotopic (exact) mass is 389 g/mol. The van der Waals surface area contributed by atoms with Crippen molar-refractivity contribution in [1.29, 1.82) is 0 Å². The van der Waals surface area contributed by atoms with Crippen molar-refractivity contribution in [2.24, 2.45) is 5.92 Å². The van der Waals surface area contributed by atoms with E-state index in [0.717, 1.165) is 16.9 Å². The van der Waals surface area contributed by atoms with Crippen LogP contribution in [-0.4, -0.2) is 6.54 Å². The van der Waals surface area contributed by atoms with Crippen molar-refractivity contribution in [1.82, 2.24) is 5.32 Å². The van der Waals surface area contributed by atoms with Crippen molar-refractivity contribution in [3.8, 4) is 0 Å². The number of hydrogen-bond acceptors (Lipinski definition) is 1. The van der Waals surface area contributed by atoms with Crippen molar-refractivity contribution in [2.75, 3.05) is 6.54 Å². The van der Waals surface area contributed by atoms with Gasteiger partial charge in [0.1, 0.15) is 0 Å². The van der Waals surface area contributed by atoms with Crippen LogP contribution in [0.4, 0.5) is 0 Å². The summed E-state index contributed by atoms with van der Waals surface area (Å²) in [4.78, 5) is 0. The van der Waals surface area contributed by atoms with Gasteiger partial charge in [0.2, 0.25) is 0 Å². The van der Waals surface area contributed by atoms with Crippen LogP contribution in [-0.2, 0) is 0 Å². The fraction of sp³-hybridized carbons (Fsp3) is 0.625. The molecule has 3 heteroatoms. The van der Waals surface area contributed by atoms with Crippen molar-refractivity contribution >= 4 is 31.9 Å². The lowest BCUT2D eigenvalue weighted by atomic mass is 9.98. The largest absolute Gasteiger partial charge is 0.310 e. The predicted octanol–water partition coefficient (Wildman–Crippen LogP) is 6.08. The Bertz CT molecular complexity index is 377. The van der Waals surface area contributed by atoms with Crippen LogP contribution in [0.1, 0.15) is 58.1 Å². The van der Waals surface area contributed by atoms with Gasteiger partial charge in [0.15, 0.2) is 0 Å². The molecule has 1 N–H and O–H groups in total. The first-order valence-electron chi connectivity index (χ1n) is 7.23. The fourth-order valence-electron chi connectivity index (χ4n) is 2.20. The first-order valence-corrected chi connectivity index (χ1v) is 8.81. The van der Waals surface area contributed by atoms with E-state index in [0.29, 0.717) is 6.04 Å². The Morgan fingerprint density at radius 1 is 1.16 bits per heavy atom. The van der Waals surface area contributed by atoms with Crippen LogP contribution in [0.3, 0.4) is 0 Å². The Morgan fingerprint density at radius 3 is 2.53 bits per heavy atom. The van der Waals surface area contributed by atoms with Crippen LogP contribution in [0.2, 0.25) is 0 Å². The molecule has 0 heterocycles. The topological polar surface area (TPSA) is 12.0 Å². The third-order valence-electron chi connectivity index (χ3n) is 3.25. The summed E-state index contributed by atoms with van der Waals surface area (Å²) in [6, 6.07) is 6.89. The summed E-state index contributed by atoms with van der Waals surface area (Å²) in [6.45, 7) is 7.88. The molecule has 0 aromatic heterocycles. The molecule has 1 nitrogen and oxygen atoms in total. The van der Waals surface area contributed by atoms with Gasteiger partial charge in [-0.2, -0.15) is 0 Å². The average Bonchev–Trinajstić information content (AvgIpc) is 2.36. The number of nitrogens with one attached hydrogen (secondary N) is 1. The molecule has 0 aliphatic heterocycles. The standard InChI is InChI=1S/C16H25Br2N/c1-4-10-19-16(7-5-6-12(2)3)14-11-13(17)8-9-15(14)18/h8-9,11-12,16,19H,4-7,10H2,1-3H3. The maximum Gasteiger partial charge on any atom is 0.0331 e. The fourth-order valence-corrected chi connectivity index (χ4v) is 3.10. The Kier molecular flexibility index (Phi) is 8.27. The van der Waals surface area contributed by atoms with Crippen molar-refractivity contribution in [3.05, 3.63) is 32.7 Å². The van der Waals surface area contributed by atoms with Gasteiger partial charge in [-0.1, -0.05) is 65.5 Å². The molecule has 0 fully saturated rings. The van der Waals surface area contributed by atoms with Gasteiger partial charge in [-0.15, -0.1) is 0 Å². The third kappa shape index (κ3) is 6.42. The van der Waals surface area contributed by atoms with Crippen LogP contribution < -0.4 is 5.32 Å². The minimum atomic E-state index is 0.450. The first-order chi connectivity index (χ1) is 9.04. The van der Waals surface area contributed by atoms with Gasteiger partial charge >= 0.3 is 0 Å². The van der Waals surface area contributed by atoms with Gasteiger partial charge in [-0.05, 0) is 49.1 Å². The highest BCUT2D eigenvalue weighted by Crippen LogP contribution is 2.30. The number of hydrogen-bond donors (Lipinski definition) is 1. The summed E-state index contributed by atoms with van der Waals surface area (Å²) < 4.78 is 2.35. The Morgan fingerprint density at radius 2 is 1.89 bits per heavy atom. The summed E-state index contributed by atoms with van der Waals surface area (Å²) in [5.74, 6) is 0.790. The molecule has 0 saturated heterocycles. The second-order valence-corrected chi connectivity index (χ2v) is 7.27. The second-order valence-electron chi connectivity index (χ2n) is 5.50. The molecule has 0 radical (unpaired) electrons. The normalized spacial score (nSPS) is 12.9. The summed E-state index contributed by atoms with van der Waals surface area (Å²) in [5, 5.41) is 3.68. The van der Waals surface area contributed by atoms with E-state index < -0.39 is 0 Å². The highest BCUT2D eigenvalue weighted by Gasteiger charge is 2.14. The molecule has 0 spiro atoms. The van der Waals surface area contributed by atoms with Crippen molar-refractivity contribution in [2.45, 2.75) is 52.5 Å². The molecule has 1 unspecified atom stereocenters. The van der Waals surface area contributed by atoms with Gasteiger partial charge < -0.3 is 5.32 Å². The van der Waals surface area contributed by atoms with E-state index in [4.69, 9.17) is 0 Å². The molecule has 19 heavy (non-hydrogen) atoms. The Balaban J connectivity index is 2.73. The Hall–Kier alpha value is 0.140. The van der Waals surface area contributed by atoms with E-state index in [2.05, 4.69) is 76.1 Å². The van der Waals surface area contributed by atoms with E-state index in [9.17, 15) is 0 Å². The SMILES string of the molecule is CCCNC(CCCC(C)C)c1cc(Br)ccc1Br. The highest BCUT2D eigenvalue weighted by atomic mass is 79.9. The van der Waals surface area contributed by atoms with Gasteiger partial charge in [0.05, 0.1) is 0 Å². The van der Waals surface area contributed by atoms with E-state index in [1.165, 1.54) is 35.7 Å². The quantitative estimate of drug-likeness (QED) is 0.567. The Labute approximate surface area is 134 Å². The van der Waals surface area contributed by atoms with Crippen LogP contribution in [0.5, 0.6) is 0 Å². The molecule has 0 bridgehead atoms. The minimum absolute atomic E-state index is 0.450. The van der Waals surface area contributed by atoms with E-state index in [1.54, 1.807) is 0 Å². The molecule has 1 aromatic carbocycles. The van der Waals surface area contributed by atoms with E-state index >= 15 is 0 Å². The molecular weight excluding hydrogens is 366 g/mol. The number of rotatable bonds is 8. The summed E-state index contributed by atoms with van der Waals surface area (Å²) in [6.07, 6.45) is 4.95. The van der Waals surface area contributed by atoms with Gasteiger partial charge in [-0.25, -0.2) is 0 Å². The highest BCUT2D eigenvalue weighted by molar-refractivity contribution is 9.11. The van der Waals surface area contributed by atoms with Crippen LogP contribution in [0.15, 0.2) is 27.1 Å². The zero-order valence-corrected chi connectivity index (χ0v) is 15.4. The van der Waals surface area contributed by atoms with Gasteiger partial charge in [-0.3, -0.25) is 0 Å². The average molecular weight is 391 g/mol. The smallest absolute Gasteiger partial charge is 0.0331 e. The number of benzene rings is 1. The molecule has 0 amide bonds. The van der Waals surface area contributed by atoms with E-state index in [1.807, 2.05) is 0 Å². The number of halogens is 2. The lowest BCUT2D eigenvalue weighted by Gasteiger charge is -2.21. The zero-order valence-electron chi connectivity index (χ0n) is 12.2. The second kappa shape index (κ2) is 9.15. The summed E-state index contributed by atoms with van der Waals surface area (Å²) in [7, 11) is 0. The van der Waals surface area contributed by atoms with Crippen molar-refractivity contribution in [3.63, 3.8) is 0 Å². The molecule has 1 aromatic rings. The van der Waals surface area contributed by atoms with Crippen LogP contribution >= 0.6 is 31.9 Å². The van der Waals surface area contributed by atoms with E-state index in [-0.39, 0.29) is 0 Å². The molecule has 1 rings (SSSR count). The third-order valence-corrected chi connectivity index (χ3v) is 4.46. The lowest BCUT2D eigenvalue weighted by Crippen LogP contribution is -2.22. The predicted molar refractivity (Wildman–Crippen MR) is 91.6 cm³/mol. The lowest BCUT2D eigenvalue weighted by molar-refractivity contribution is 0.446. The molecule has 1 atom stereocenters.